The summed E-state index contributed by atoms with van der Waals surface area (Å²) in [5.74, 6) is 0.522. The number of pyridine rings is 1. The second-order valence-corrected chi connectivity index (χ2v) is 6.49. The van der Waals surface area contributed by atoms with Crippen LogP contribution in [0, 0.1) is 10.1 Å². The summed E-state index contributed by atoms with van der Waals surface area (Å²) in [7, 11) is -3.12. The molecule has 0 bridgehead atoms. The standard InChI is InChI=1S/C11H18N4O4S/c1-3-12-10-6-5-9(15(16)17)11(14-10)13-7-8-20(18,19)4-2/h5-6H,3-4,7-8H2,1-2H3,(H2,12,13,14). The van der Waals surface area contributed by atoms with Gasteiger partial charge in [-0.25, -0.2) is 13.4 Å². The number of sulfone groups is 1. The molecule has 0 spiro atoms. The van der Waals surface area contributed by atoms with Crippen LogP contribution in [0.5, 0.6) is 0 Å². The average molecular weight is 302 g/mol. The van der Waals surface area contributed by atoms with Crippen LogP contribution in [0.3, 0.4) is 0 Å². The van der Waals surface area contributed by atoms with E-state index < -0.39 is 14.8 Å². The van der Waals surface area contributed by atoms with Gasteiger partial charge in [0.05, 0.1) is 10.7 Å². The Hall–Kier alpha value is -1.90. The van der Waals surface area contributed by atoms with E-state index in [4.69, 9.17) is 0 Å². The van der Waals surface area contributed by atoms with Crippen molar-refractivity contribution in [3.63, 3.8) is 0 Å². The van der Waals surface area contributed by atoms with E-state index in [-0.39, 0.29) is 29.6 Å². The molecule has 0 saturated heterocycles. The van der Waals surface area contributed by atoms with Crippen LogP contribution in [0.15, 0.2) is 12.1 Å². The smallest absolute Gasteiger partial charge is 0.311 e. The Balaban J connectivity index is 2.85. The summed E-state index contributed by atoms with van der Waals surface area (Å²) in [6, 6.07) is 2.84. The van der Waals surface area contributed by atoms with Crippen LogP contribution in [0.1, 0.15) is 13.8 Å². The molecule has 1 rings (SSSR count). The van der Waals surface area contributed by atoms with Crippen LogP contribution < -0.4 is 10.6 Å². The maximum atomic E-state index is 11.4. The first-order valence-electron chi connectivity index (χ1n) is 6.23. The third-order valence-electron chi connectivity index (χ3n) is 2.57. The molecule has 0 amide bonds. The van der Waals surface area contributed by atoms with Crippen molar-refractivity contribution in [1.29, 1.82) is 0 Å². The van der Waals surface area contributed by atoms with Gasteiger partial charge in [-0.05, 0) is 13.0 Å². The highest BCUT2D eigenvalue weighted by atomic mass is 32.2. The summed E-state index contributed by atoms with van der Waals surface area (Å²) in [5, 5.41) is 16.5. The van der Waals surface area contributed by atoms with Crippen molar-refractivity contribution in [1.82, 2.24) is 4.98 Å². The number of hydrogen-bond donors (Lipinski definition) is 2. The molecule has 2 N–H and O–H groups in total. The normalized spacial score (nSPS) is 11.1. The maximum absolute atomic E-state index is 11.4. The topological polar surface area (TPSA) is 114 Å². The molecular formula is C11H18N4O4S. The van der Waals surface area contributed by atoms with Crippen LogP contribution in [-0.4, -0.2) is 42.9 Å². The predicted molar refractivity (Wildman–Crippen MR) is 77.9 cm³/mol. The summed E-state index contributed by atoms with van der Waals surface area (Å²) in [5.41, 5.74) is -0.180. The first-order chi connectivity index (χ1) is 9.39. The van der Waals surface area contributed by atoms with Gasteiger partial charge in [0.1, 0.15) is 5.82 Å². The van der Waals surface area contributed by atoms with Gasteiger partial charge in [0.25, 0.3) is 0 Å². The monoisotopic (exact) mass is 302 g/mol. The summed E-state index contributed by atoms with van der Waals surface area (Å²) in [6.45, 7) is 4.15. The number of nitrogens with zero attached hydrogens (tertiary/aromatic N) is 2. The van der Waals surface area contributed by atoms with E-state index in [0.717, 1.165) is 0 Å². The van der Waals surface area contributed by atoms with E-state index in [0.29, 0.717) is 12.4 Å². The number of nitrogens with one attached hydrogen (secondary N) is 2. The van der Waals surface area contributed by atoms with Crippen LogP contribution >= 0.6 is 0 Å². The number of nitro groups is 1. The molecular weight excluding hydrogens is 284 g/mol. The molecule has 1 heterocycles. The van der Waals surface area contributed by atoms with Crippen LogP contribution in [0.2, 0.25) is 0 Å². The predicted octanol–water partition coefficient (Wildman–Crippen LogP) is 1.27. The number of hydrogen-bond acceptors (Lipinski definition) is 7. The Morgan fingerprint density at radius 2 is 2.00 bits per heavy atom. The van der Waals surface area contributed by atoms with Gasteiger partial charge in [-0.15, -0.1) is 0 Å². The lowest BCUT2D eigenvalue weighted by Crippen LogP contribution is -2.18. The van der Waals surface area contributed by atoms with E-state index in [1.165, 1.54) is 12.1 Å². The van der Waals surface area contributed by atoms with Crippen molar-refractivity contribution in [2.75, 3.05) is 35.2 Å². The summed E-state index contributed by atoms with van der Waals surface area (Å²) in [6.07, 6.45) is 0. The van der Waals surface area contributed by atoms with Gasteiger partial charge in [0.15, 0.2) is 9.84 Å². The molecule has 0 unspecified atom stereocenters. The van der Waals surface area contributed by atoms with Gasteiger partial charge in [0, 0.05) is 24.9 Å². The summed E-state index contributed by atoms with van der Waals surface area (Å²) in [4.78, 5) is 14.4. The minimum atomic E-state index is -3.12. The lowest BCUT2D eigenvalue weighted by Gasteiger charge is -2.08. The van der Waals surface area contributed by atoms with Gasteiger partial charge in [-0.1, -0.05) is 6.92 Å². The van der Waals surface area contributed by atoms with E-state index in [2.05, 4.69) is 15.6 Å². The molecule has 1 aromatic heterocycles. The van der Waals surface area contributed by atoms with E-state index in [9.17, 15) is 18.5 Å². The fourth-order valence-electron chi connectivity index (χ4n) is 1.48. The molecule has 0 atom stereocenters. The quantitative estimate of drug-likeness (QED) is 0.549. The molecule has 9 heteroatoms. The Morgan fingerprint density at radius 3 is 2.55 bits per heavy atom. The maximum Gasteiger partial charge on any atom is 0.311 e. The minimum absolute atomic E-state index is 0.0433. The van der Waals surface area contributed by atoms with Crippen LogP contribution in [0.25, 0.3) is 0 Å². The largest absolute Gasteiger partial charge is 0.370 e. The second-order valence-electron chi connectivity index (χ2n) is 4.01. The highest BCUT2D eigenvalue weighted by molar-refractivity contribution is 7.91. The molecule has 20 heavy (non-hydrogen) atoms. The molecule has 112 valence electrons. The van der Waals surface area contributed by atoms with Gasteiger partial charge in [-0.2, -0.15) is 0 Å². The van der Waals surface area contributed by atoms with Crippen molar-refractivity contribution < 1.29 is 13.3 Å². The third kappa shape index (κ3) is 4.65. The SMILES string of the molecule is CCNc1ccc([N+](=O)[O-])c(NCCS(=O)(=O)CC)n1. The van der Waals surface area contributed by atoms with E-state index >= 15 is 0 Å². The van der Waals surface area contributed by atoms with Crippen molar-refractivity contribution in [3.05, 3.63) is 22.2 Å². The van der Waals surface area contributed by atoms with Crippen LogP contribution in [-0.2, 0) is 9.84 Å². The molecule has 0 aliphatic carbocycles. The molecule has 0 saturated carbocycles. The van der Waals surface area contributed by atoms with E-state index in [1.807, 2.05) is 6.92 Å². The first-order valence-corrected chi connectivity index (χ1v) is 8.05. The molecule has 0 fully saturated rings. The fourth-order valence-corrected chi connectivity index (χ4v) is 2.18. The van der Waals surface area contributed by atoms with Gasteiger partial charge < -0.3 is 10.6 Å². The Morgan fingerprint density at radius 1 is 1.30 bits per heavy atom. The number of aromatic nitrogens is 1. The minimum Gasteiger partial charge on any atom is -0.370 e. The third-order valence-corrected chi connectivity index (χ3v) is 4.28. The average Bonchev–Trinajstić information content (AvgIpc) is 2.39. The number of rotatable bonds is 8. The van der Waals surface area contributed by atoms with Crippen molar-refractivity contribution >= 4 is 27.2 Å². The molecule has 0 aliphatic rings. The number of anilines is 2. The fraction of sp³-hybridized carbons (Fsp3) is 0.545. The molecule has 1 aromatic rings. The summed E-state index contributed by atoms with van der Waals surface area (Å²) < 4.78 is 22.7. The van der Waals surface area contributed by atoms with Crippen LogP contribution in [0.4, 0.5) is 17.3 Å². The van der Waals surface area contributed by atoms with Crippen molar-refractivity contribution in [2.45, 2.75) is 13.8 Å². The lowest BCUT2D eigenvalue weighted by molar-refractivity contribution is -0.384. The molecule has 0 aromatic carbocycles. The highest BCUT2D eigenvalue weighted by Crippen LogP contribution is 2.23. The van der Waals surface area contributed by atoms with Gasteiger partial charge in [0.2, 0.25) is 5.82 Å². The molecule has 0 radical (unpaired) electrons. The first kappa shape index (κ1) is 16.2. The van der Waals surface area contributed by atoms with Gasteiger partial charge in [-0.3, -0.25) is 10.1 Å². The van der Waals surface area contributed by atoms with E-state index in [1.54, 1.807) is 6.92 Å². The lowest BCUT2D eigenvalue weighted by atomic mass is 10.3. The van der Waals surface area contributed by atoms with Crippen molar-refractivity contribution in [2.24, 2.45) is 0 Å². The zero-order valence-electron chi connectivity index (χ0n) is 11.4. The molecule has 0 aliphatic heterocycles. The molecule has 8 nitrogen and oxygen atoms in total. The van der Waals surface area contributed by atoms with Gasteiger partial charge >= 0.3 is 5.69 Å². The Labute approximate surface area is 117 Å². The zero-order valence-corrected chi connectivity index (χ0v) is 12.2. The Bertz CT molecular complexity index is 574. The van der Waals surface area contributed by atoms with Crippen molar-refractivity contribution in [3.8, 4) is 0 Å². The summed E-state index contributed by atoms with van der Waals surface area (Å²) >= 11 is 0. The Kier molecular flexibility index (Phi) is 5.68. The highest BCUT2D eigenvalue weighted by Gasteiger charge is 2.16. The second kappa shape index (κ2) is 7.04. The zero-order chi connectivity index (χ0) is 15.2.